The number of benzene rings is 3. The Balaban J connectivity index is 1.40. The summed E-state index contributed by atoms with van der Waals surface area (Å²) in [7, 11) is 1.39. The van der Waals surface area contributed by atoms with Crippen LogP contribution >= 0.6 is 23.2 Å². The predicted octanol–water partition coefficient (Wildman–Crippen LogP) is 8.05. The highest BCUT2D eigenvalue weighted by molar-refractivity contribution is 6.36. The molecule has 0 aliphatic rings. The molecule has 190 valence electrons. The van der Waals surface area contributed by atoms with E-state index in [0.717, 1.165) is 46.1 Å². The number of aromatic nitrogens is 2. The number of carbonyl (C=O) groups is 1. The summed E-state index contributed by atoms with van der Waals surface area (Å²) < 4.78 is 12.4. The van der Waals surface area contributed by atoms with E-state index in [1.54, 1.807) is 6.07 Å². The van der Waals surface area contributed by atoms with Gasteiger partial charge in [-0.2, -0.15) is 0 Å². The number of hydrogen-bond donors (Lipinski definition) is 0. The predicted molar refractivity (Wildman–Crippen MR) is 151 cm³/mol. The van der Waals surface area contributed by atoms with Gasteiger partial charge in [0.2, 0.25) is 0 Å². The van der Waals surface area contributed by atoms with Gasteiger partial charge < -0.3 is 14.0 Å². The topological polar surface area (TPSA) is 53.4 Å². The number of carbonyl (C=O) groups excluding carboxylic acids is 1. The summed E-state index contributed by atoms with van der Waals surface area (Å²) in [6.45, 7) is 3.35. The van der Waals surface area contributed by atoms with E-state index < -0.39 is 0 Å². The van der Waals surface area contributed by atoms with Gasteiger partial charge in [0.25, 0.3) is 0 Å². The Bertz CT molecular complexity index is 1380. The fraction of sp³-hybridized carbons (Fsp3) is 0.200. The Morgan fingerprint density at radius 3 is 2.32 bits per heavy atom. The maximum atomic E-state index is 11.2. The van der Waals surface area contributed by atoms with Crippen LogP contribution in [0.3, 0.4) is 0 Å². The lowest BCUT2D eigenvalue weighted by Crippen LogP contribution is -2.04. The van der Waals surface area contributed by atoms with Gasteiger partial charge in [0.15, 0.2) is 0 Å². The van der Waals surface area contributed by atoms with Crippen LogP contribution in [0.1, 0.15) is 31.2 Å². The number of methoxy groups -OCH3 is 1. The minimum absolute atomic E-state index is 0.222. The van der Waals surface area contributed by atoms with Crippen molar-refractivity contribution in [3.8, 4) is 28.1 Å². The highest BCUT2D eigenvalue weighted by Crippen LogP contribution is 2.30. The quantitative estimate of drug-likeness (QED) is 0.152. The second-order valence-corrected chi connectivity index (χ2v) is 9.25. The van der Waals surface area contributed by atoms with Crippen LogP contribution in [0.25, 0.3) is 34.5 Å². The van der Waals surface area contributed by atoms with Crippen molar-refractivity contribution in [2.75, 3.05) is 13.7 Å². The molecule has 0 atom stereocenters. The largest absolute Gasteiger partial charge is 0.494 e. The van der Waals surface area contributed by atoms with Gasteiger partial charge >= 0.3 is 5.97 Å². The number of ether oxygens (including phenoxy) is 2. The third kappa shape index (κ3) is 7.03. The lowest BCUT2D eigenvalue weighted by Gasteiger charge is -2.07. The molecule has 0 aliphatic heterocycles. The molecule has 4 rings (SSSR count). The van der Waals surface area contributed by atoms with Crippen LogP contribution < -0.4 is 4.74 Å². The minimum atomic E-state index is -0.222. The number of hydrogen-bond acceptors (Lipinski definition) is 4. The monoisotopic (exact) mass is 534 g/mol. The highest BCUT2D eigenvalue weighted by atomic mass is 35.5. The number of halogens is 2. The summed E-state index contributed by atoms with van der Waals surface area (Å²) in [5.41, 5.74) is 4.96. The second-order valence-electron chi connectivity index (χ2n) is 8.40. The van der Waals surface area contributed by atoms with Crippen molar-refractivity contribution in [3.63, 3.8) is 0 Å². The van der Waals surface area contributed by atoms with Crippen molar-refractivity contribution in [3.05, 3.63) is 94.4 Å². The molecule has 37 heavy (non-hydrogen) atoms. The lowest BCUT2D eigenvalue weighted by molar-refractivity contribution is -0.140. The number of nitrogens with zero attached hydrogens (tertiary/aromatic N) is 2. The third-order valence-corrected chi connectivity index (χ3v) is 6.45. The molecule has 0 fully saturated rings. The third-order valence-electron chi connectivity index (χ3n) is 5.90. The number of rotatable bonds is 10. The van der Waals surface area contributed by atoms with Crippen LogP contribution in [0.5, 0.6) is 5.75 Å². The van der Waals surface area contributed by atoms with Gasteiger partial charge in [-0.15, -0.1) is 0 Å². The van der Waals surface area contributed by atoms with Gasteiger partial charge in [-0.25, -0.2) is 4.98 Å². The molecule has 7 heteroatoms. The summed E-state index contributed by atoms with van der Waals surface area (Å²) in [6, 6.07) is 21.7. The zero-order valence-electron chi connectivity index (χ0n) is 20.8. The first kappa shape index (κ1) is 26.5. The first-order valence-electron chi connectivity index (χ1n) is 12.1. The van der Waals surface area contributed by atoms with Gasteiger partial charge in [-0.1, -0.05) is 65.7 Å². The molecule has 3 aromatic carbocycles. The standard InChI is InChI=1S/C30H28Cl2N2O3/c1-3-34-20-28(26-16-13-24(31)19-27(26)32)33-29(34)17-8-21-6-9-22(10-7-21)23-11-14-25(15-12-23)37-18-4-5-30(35)36-2/h6-17,19-20H,3-5,18H2,1-2H3/b17-8+. The summed E-state index contributed by atoms with van der Waals surface area (Å²) in [6.07, 6.45) is 7.05. The molecule has 0 spiro atoms. The summed E-state index contributed by atoms with van der Waals surface area (Å²) in [5.74, 6) is 1.41. The van der Waals surface area contributed by atoms with Crippen molar-refractivity contribution >= 4 is 41.3 Å². The maximum Gasteiger partial charge on any atom is 0.305 e. The fourth-order valence-corrected chi connectivity index (χ4v) is 4.36. The zero-order valence-corrected chi connectivity index (χ0v) is 22.3. The Morgan fingerprint density at radius 1 is 0.973 bits per heavy atom. The van der Waals surface area contributed by atoms with Gasteiger partial charge in [0, 0.05) is 29.7 Å². The van der Waals surface area contributed by atoms with Gasteiger partial charge in [0.1, 0.15) is 11.6 Å². The molecule has 0 amide bonds. The van der Waals surface area contributed by atoms with Gasteiger partial charge in [-0.3, -0.25) is 4.79 Å². The molecule has 0 unspecified atom stereocenters. The SMILES string of the molecule is CCn1cc(-c2ccc(Cl)cc2Cl)nc1/C=C/c1ccc(-c2ccc(OCCCC(=O)OC)cc2)cc1. The molecule has 0 saturated carbocycles. The minimum Gasteiger partial charge on any atom is -0.494 e. The summed E-state index contributed by atoms with van der Waals surface area (Å²) in [5, 5.41) is 1.18. The van der Waals surface area contributed by atoms with Gasteiger partial charge in [0.05, 0.1) is 24.4 Å². The van der Waals surface area contributed by atoms with E-state index in [1.807, 2.05) is 48.7 Å². The molecule has 0 saturated heterocycles. The lowest BCUT2D eigenvalue weighted by atomic mass is 10.0. The molecule has 0 aliphatic carbocycles. The molecule has 0 radical (unpaired) electrons. The fourth-order valence-electron chi connectivity index (χ4n) is 3.85. The Labute approximate surface area is 227 Å². The van der Waals surface area contributed by atoms with Crippen molar-refractivity contribution < 1.29 is 14.3 Å². The molecule has 0 N–H and O–H groups in total. The van der Waals surface area contributed by atoms with Gasteiger partial charge in [-0.05, 0) is 66.4 Å². The van der Waals surface area contributed by atoms with Crippen LogP contribution in [0.2, 0.25) is 10.0 Å². The first-order chi connectivity index (χ1) is 18.0. The van der Waals surface area contributed by atoms with E-state index in [4.69, 9.17) is 32.9 Å². The Hall–Kier alpha value is -3.54. The molecular weight excluding hydrogens is 507 g/mol. The normalized spacial score (nSPS) is 11.1. The Kier molecular flexibility index (Phi) is 9.04. The van der Waals surface area contributed by atoms with Crippen LogP contribution in [-0.4, -0.2) is 29.2 Å². The highest BCUT2D eigenvalue weighted by Gasteiger charge is 2.10. The van der Waals surface area contributed by atoms with E-state index in [1.165, 1.54) is 7.11 Å². The van der Waals surface area contributed by atoms with Crippen molar-refractivity contribution in [2.24, 2.45) is 0 Å². The Morgan fingerprint density at radius 2 is 1.68 bits per heavy atom. The number of esters is 1. The first-order valence-corrected chi connectivity index (χ1v) is 12.8. The average Bonchev–Trinajstić information content (AvgIpc) is 3.33. The average molecular weight is 535 g/mol. The van der Waals surface area contributed by atoms with Crippen LogP contribution in [-0.2, 0) is 16.1 Å². The van der Waals surface area contributed by atoms with Crippen LogP contribution in [0.15, 0.2) is 72.9 Å². The van der Waals surface area contributed by atoms with Crippen molar-refractivity contribution in [1.82, 2.24) is 9.55 Å². The molecule has 5 nitrogen and oxygen atoms in total. The molecule has 1 heterocycles. The smallest absolute Gasteiger partial charge is 0.305 e. The molecule has 1 aromatic heterocycles. The van der Waals surface area contributed by atoms with E-state index >= 15 is 0 Å². The van der Waals surface area contributed by atoms with Crippen molar-refractivity contribution in [2.45, 2.75) is 26.3 Å². The maximum absolute atomic E-state index is 11.2. The van der Waals surface area contributed by atoms with Crippen molar-refractivity contribution in [1.29, 1.82) is 0 Å². The van der Waals surface area contributed by atoms with E-state index in [2.05, 4.69) is 46.6 Å². The zero-order chi connectivity index (χ0) is 26.2. The molecule has 4 aromatic rings. The molecule has 0 bridgehead atoms. The summed E-state index contributed by atoms with van der Waals surface area (Å²) >= 11 is 12.4. The number of aryl methyl sites for hydroxylation is 1. The van der Waals surface area contributed by atoms with Crippen LogP contribution in [0, 0.1) is 0 Å². The summed E-state index contributed by atoms with van der Waals surface area (Å²) in [4.78, 5) is 16.0. The molecular formula is C30H28Cl2N2O3. The van der Waals surface area contributed by atoms with E-state index in [-0.39, 0.29) is 5.97 Å². The van der Waals surface area contributed by atoms with E-state index in [9.17, 15) is 4.79 Å². The van der Waals surface area contributed by atoms with Crippen LogP contribution in [0.4, 0.5) is 0 Å². The second kappa shape index (κ2) is 12.6. The number of imidazole rings is 1. The van der Waals surface area contributed by atoms with E-state index in [0.29, 0.717) is 29.5 Å².